The molecule has 0 aromatic rings. The molecule has 1 radical (unpaired) electrons. The lowest BCUT2D eigenvalue weighted by Gasteiger charge is -2.21. The molecule has 0 bridgehead atoms. The highest BCUT2D eigenvalue weighted by Gasteiger charge is 2.11. The van der Waals surface area contributed by atoms with Gasteiger partial charge < -0.3 is 5.32 Å². The highest BCUT2D eigenvalue weighted by atomic mass is 14.9. The van der Waals surface area contributed by atoms with Crippen molar-refractivity contribution in [1.82, 2.24) is 5.32 Å². The Kier molecular flexibility index (Phi) is 3.81. The van der Waals surface area contributed by atoms with E-state index in [9.17, 15) is 0 Å². The predicted octanol–water partition coefficient (Wildman–Crippen LogP) is 1.99. The van der Waals surface area contributed by atoms with Crippen molar-refractivity contribution < 1.29 is 0 Å². The molecular formula is C9H18N. The summed E-state index contributed by atoms with van der Waals surface area (Å²) < 4.78 is 0. The topological polar surface area (TPSA) is 12.0 Å². The zero-order valence-corrected chi connectivity index (χ0v) is 6.90. The lowest BCUT2D eigenvalue weighted by Crippen LogP contribution is -2.28. The molecule has 0 aromatic heterocycles. The monoisotopic (exact) mass is 140 g/mol. The summed E-state index contributed by atoms with van der Waals surface area (Å²) in [5, 5.41) is 3.34. The Bertz CT molecular complexity index is 74.8. The van der Waals surface area contributed by atoms with Crippen LogP contribution in [0.25, 0.3) is 0 Å². The predicted molar refractivity (Wildman–Crippen MR) is 44.8 cm³/mol. The van der Waals surface area contributed by atoms with Crippen LogP contribution >= 0.6 is 0 Å². The first-order valence-electron chi connectivity index (χ1n) is 4.47. The molecule has 0 aromatic carbocycles. The van der Waals surface area contributed by atoms with E-state index >= 15 is 0 Å². The molecular weight excluding hydrogens is 122 g/mol. The smallest absolute Gasteiger partial charge is 0.00146 e. The molecule has 0 saturated carbocycles. The fourth-order valence-corrected chi connectivity index (χ4v) is 1.49. The highest BCUT2D eigenvalue weighted by Crippen LogP contribution is 2.17. The minimum Gasteiger partial charge on any atom is -0.316 e. The van der Waals surface area contributed by atoms with Crippen LogP contribution in [0.5, 0.6) is 0 Å². The first-order chi connectivity index (χ1) is 4.93. The molecule has 10 heavy (non-hydrogen) atoms. The molecule has 1 fully saturated rings. The summed E-state index contributed by atoms with van der Waals surface area (Å²) in [5.74, 6) is 0.918. The van der Waals surface area contributed by atoms with Crippen molar-refractivity contribution in [2.24, 2.45) is 5.92 Å². The van der Waals surface area contributed by atoms with E-state index < -0.39 is 0 Å². The Hall–Kier alpha value is -0.0400. The molecule has 59 valence electrons. The van der Waals surface area contributed by atoms with E-state index in [1.54, 1.807) is 0 Å². The molecule has 1 nitrogen and oxygen atoms in total. The molecule has 0 spiro atoms. The average molecular weight is 140 g/mol. The Morgan fingerprint density at radius 1 is 1.60 bits per heavy atom. The Balaban J connectivity index is 2.02. The van der Waals surface area contributed by atoms with Gasteiger partial charge in [0.05, 0.1) is 0 Å². The minimum atomic E-state index is 0.918. The SMILES string of the molecule is CCCCC1[CH]CNCC1. The van der Waals surface area contributed by atoms with Gasteiger partial charge in [-0.2, -0.15) is 0 Å². The van der Waals surface area contributed by atoms with Crippen molar-refractivity contribution in [3.05, 3.63) is 6.42 Å². The highest BCUT2D eigenvalue weighted by molar-refractivity contribution is 4.83. The second-order valence-corrected chi connectivity index (χ2v) is 3.13. The van der Waals surface area contributed by atoms with Gasteiger partial charge >= 0.3 is 0 Å². The summed E-state index contributed by atoms with van der Waals surface area (Å²) in [4.78, 5) is 0. The van der Waals surface area contributed by atoms with E-state index in [1.807, 2.05) is 0 Å². The minimum absolute atomic E-state index is 0.918. The maximum Gasteiger partial charge on any atom is -0.00146 e. The van der Waals surface area contributed by atoms with E-state index in [-0.39, 0.29) is 0 Å². The molecule has 1 heterocycles. The van der Waals surface area contributed by atoms with Gasteiger partial charge in [0.2, 0.25) is 0 Å². The summed E-state index contributed by atoms with van der Waals surface area (Å²) >= 11 is 0. The lowest BCUT2D eigenvalue weighted by molar-refractivity contribution is 0.422. The second kappa shape index (κ2) is 4.73. The van der Waals surface area contributed by atoms with E-state index in [2.05, 4.69) is 18.7 Å². The summed E-state index contributed by atoms with van der Waals surface area (Å²) in [6, 6.07) is 0. The van der Waals surface area contributed by atoms with E-state index in [1.165, 1.54) is 32.2 Å². The summed E-state index contributed by atoms with van der Waals surface area (Å²) in [6.45, 7) is 4.63. The van der Waals surface area contributed by atoms with E-state index in [4.69, 9.17) is 0 Å². The van der Waals surface area contributed by atoms with Gasteiger partial charge in [0.15, 0.2) is 0 Å². The average Bonchev–Trinajstić information content (AvgIpc) is 2.03. The molecule has 1 atom stereocenters. The van der Waals surface area contributed by atoms with Crippen LogP contribution < -0.4 is 5.32 Å². The third-order valence-electron chi connectivity index (χ3n) is 2.22. The normalized spacial score (nSPS) is 21.3. The summed E-state index contributed by atoms with van der Waals surface area (Å²) in [5.41, 5.74) is 0. The van der Waals surface area contributed by atoms with Crippen LogP contribution in [0.1, 0.15) is 32.6 Å². The van der Waals surface area contributed by atoms with E-state index in [0.717, 1.165) is 12.5 Å². The number of unbranched alkanes of at least 4 members (excludes halogenated alkanes) is 1. The van der Waals surface area contributed by atoms with Crippen molar-refractivity contribution in [2.75, 3.05) is 13.1 Å². The molecule has 1 aliphatic rings. The first-order valence-corrected chi connectivity index (χ1v) is 4.47. The largest absolute Gasteiger partial charge is 0.316 e. The number of hydrogen-bond donors (Lipinski definition) is 1. The Labute approximate surface area is 64.2 Å². The third kappa shape index (κ3) is 2.70. The van der Waals surface area contributed by atoms with Crippen LogP contribution in [-0.2, 0) is 0 Å². The zero-order valence-electron chi connectivity index (χ0n) is 6.90. The molecule has 1 rings (SSSR count). The quantitative estimate of drug-likeness (QED) is 0.632. The maximum absolute atomic E-state index is 3.34. The maximum atomic E-state index is 3.34. The molecule has 1 saturated heterocycles. The lowest BCUT2D eigenvalue weighted by atomic mass is 9.93. The first kappa shape index (κ1) is 8.06. The molecule has 1 unspecified atom stereocenters. The number of piperidine rings is 1. The molecule has 0 aliphatic carbocycles. The van der Waals surface area contributed by atoms with Crippen molar-refractivity contribution in [1.29, 1.82) is 0 Å². The van der Waals surface area contributed by atoms with Gasteiger partial charge in [0, 0.05) is 0 Å². The second-order valence-electron chi connectivity index (χ2n) is 3.13. The van der Waals surface area contributed by atoms with Crippen molar-refractivity contribution >= 4 is 0 Å². The number of rotatable bonds is 3. The third-order valence-corrected chi connectivity index (χ3v) is 2.22. The zero-order chi connectivity index (χ0) is 7.23. The van der Waals surface area contributed by atoms with Crippen LogP contribution in [0.2, 0.25) is 0 Å². The van der Waals surface area contributed by atoms with Crippen LogP contribution in [0.4, 0.5) is 0 Å². The van der Waals surface area contributed by atoms with Gasteiger partial charge in [0.1, 0.15) is 0 Å². The standard InChI is InChI=1S/C9H18N/c1-2-3-4-9-5-7-10-8-6-9/h5,9-10H,2-4,6-8H2,1H3. The molecule has 1 aliphatic heterocycles. The van der Waals surface area contributed by atoms with Crippen LogP contribution in [0.15, 0.2) is 0 Å². The summed E-state index contributed by atoms with van der Waals surface area (Å²) in [7, 11) is 0. The molecule has 0 amide bonds. The Morgan fingerprint density at radius 2 is 2.50 bits per heavy atom. The number of nitrogens with one attached hydrogen (secondary N) is 1. The van der Waals surface area contributed by atoms with E-state index in [0.29, 0.717) is 0 Å². The van der Waals surface area contributed by atoms with Gasteiger partial charge in [-0.25, -0.2) is 0 Å². The van der Waals surface area contributed by atoms with Crippen molar-refractivity contribution in [3.63, 3.8) is 0 Å². The fourth-order valence-electron chi connectivity index (χ4n) is 1.49. The molecule has 1 N–H and O–H groups in total. The van der Waals surface area contributed by atoms with Crippen LogP contribution in [0, 0.1) is 12.3 Å². The van der Waals surface area contributed by atoms with Gasteiger partial charge in [-0.05, 0) is 31.8 Å². The molecule has 1 heteroatoms. The van der Waals surface area contributed by atoms with Gasteiger partial charge in [-0.15, -0.1) is 0 Å². The van der Waals surface area contributed by atoms with Gasteiger partial charge in [0.25, 0.3) is 0 Å². The van der Waals surface area contributed by atoms with Gasteiger partial charge in [-0.1, -0.05) is 26.2 Å². The Morgan fingerprint density at radius 3 is 3.10 bits per heavy atom. The van der Waals surface area contributed by atoms with Crippen LogP contribution in [-0.4, -0.2) is 13.1 Å². The fraction of sp³-hybridized carbons (Fsp3) is 0.889. The van der Waals surface area contributed by atoms with Crippen molar-refractivity contribution in [2.45, 2.75) is 32.6 Å². The van der Waals surface area contributed by atoms with Crippen LogP contribution in [0.3, 0.4) is 0 Å². The van der Waals surface area contributed by atoms with Crippen molar-refractivity contribution in [3.8, 4) is 0 Å². The number of hydrogen-bond acceptors (Lipinski definition) is 1. The van der Waals surface area contributed by atoms with Gasteiger partial charge in [-0.3, -0.25) is 0 Å². The summed E-state index contributed by atoms with van der Waals surface area (Å²) in [6.07, 6.45) is 7.95.